The first-order valence-corrected chi connectivity index (χ1v) is 6.18. The largest absolute Gasteiger partial charge is 0.375 e. The minimum atomic E-state index is -0.342. The van der Waals surface area contributed by atoms with Crippen LogP contribution in [0.25, 0.3) is 0 Å². The number of anilines is 2. The van der Waals surface area contributed by atoms with Gasteiger partial charge in [0.15, 0.2) is 5.13 Å². The molecule has 2 rings (SSSR count). The van der Waals surface area contributed by atoms with Gasteiger partial charge in [-0.2, -0.15) is 0 Å². The molecule has 0 aliphatic carbocycles. The lowest BCUT2D eigenvalue weighted by Crippen LogP contribution is -2.14. The topological polar surface area (TPSA) is 68.0 Å². The molecule has 6 heteroatoms. The highest BCUT2D eigenvalue weighted by Gasteiger charge is 2.08. The number of benzene rings is 1. The maximum absolute atomic E-state index is 13.3. The van der Waals surface area contributed by atoms with Gasteiger partial charge in [0.1, 0.15) is 5.82 Å². The quantitative estimate of drug-likeness (QED) is 0.895. The Kier molecular flexibility index (Phi) is 3.57. The van der Waals surface area contributed by atoms with Gasteiger partial charge in [0.2, 0.25) is 5.91 Å². The fourth-order valence-corrected chi connectivity index (χ4v) is 2.01. The Morgan fingerprint density at radius 1 is 1.56 bits per heavy atom. The summed E-state index contributed by atoms with van der Waals surface area (Å²) in [7, 11) is 0. The minimum Gasteiger partial charge on any atom is -0.375 e. The van der Waals surface area contributed by atoms with Crippen LogP contribution in [0.1, 0.15) is 11.3 Å². The van der Waals surface area contributed by atoms with E-state index in [0.29, 0.717) is 22.1 Å². The molecule has 0 spiro atoms. The molecule has 0 fully saturated rings. The molecule has 0 aliphatic rings. The monoisotopic (exact) mass is 265 g/mol. The van der Waals surface area contributed by atoms with Crippen molar-refractivity contribution in [1.29, 1.82) is 0 Å². The van der Waals surface area contributed by atoms with Crippen LogP contribution in [0.2, 0.25) is 0 Å². The number of aromatic nitrogens is 1. The third-order valence-electron chi connectivity index (χ3n) is 2.37. The molecular weight excluding hydrogens is 253 g/mol. The number of rotatable bonds is 3. The average molecular weight is 265 g/mol. The van der Waals surface area contributed by atoms with Gasteiger partial charge in [0.25, 0.3) is 0 Å². The summed E-state index contributed by atoms with van der Waals surface area (Å²) in [6.45, 7) is 1.67. The zero-order valence-corrected chi connectivity index (χ0v) is 10.6. The molecule has 18 heavy (non-hydrogen) atoms. The summed E-state index contributed by atoms with van der Waals surface area (Å²) in [6.07, 6.45) is 0.128. The van der Waals surface area contributed by atoms with Crippen molar-refractivity contribution in [3.8, 4) is 0 Å². The summed E-state index contributed by atoms with van der Waals surface area (Å²) in [4.78, 5) is 15.7. The van der Waals surface area contributed by atoms with Crippen LogP contribution in [0.5, 0.6) is 0 Å². The number of nitrogens with zero attached hydrogens (tertiary/aromatic N) is 1. The lowest BCUT2D eigenvalue weighted by Gasteiger charge is -2.05. The number of amides is 1. The number of aryl methyl sites for hydroxylation is 1. The summed E-state index contributed by atoms with van der Waals surface area (Å²) in [5.41, 5.74) is 7.06. The van der Waals surface area contributed by atoms with E-state index in [0.717, 1.165) is 0 Å². The van der Waals surface area contributed by atoms with E-state index >= 15 is 0 Å². The van der Waals surface area contributed by atoms with Gasteiger partial charge in [-0.05, 0) is 24.6 Å². The predicted molar refractivity (Wildman–Crippen MR) is 70.0 cm³/mol. The van der Waals surface area contributed by atoms with Crippen LogP contribution >= 0.6 is 11.3 Å². The summed E-state index contributed by atoms with van der Waals surface area (Å²) < 4.78 is 13.3. The predicted octanol–water partition coefficient (Wildman–Crippen LogP) is 2.35. The van der Waals surface area contributed by atoms with Crippen LogP contribution in [0.3, 0.4) is 0 Å². The van der Waals surface area contributed by atoms with Gasteiger partial charge in [-0.25, -0.2) is 9.37 Å². The van der Waals surface area contributed by atoms with E-state index < -0.39 is 0 Å². The molecule has 0 aliphatic heterocycles. The van der Waals surface area contributed by atoms with Gasteiger partial charge < -0.3 is 11.1 Å². The van der Waals surface area contributed by atoms with Crippen molar-refractivity contribution >= 4 is 28.1 Å². The molecule has 1 aromatic heterocycles. The molecule has 0 bridgehead atoms. The molecule has 0 atom stereocenters. The maximum atomic E-state index is 13.3. The molecular formula is C12H12FN3OS. The van der Waals surface area contributed by atoms with Gasteiger partial charge in [0.05, 0.1) is 12.1 Å². The SMILES string of the molecule is Cc1ccc(NC(=O)Cc2csc(N)n2)cc1F. The van der Waals surface area contributed by atoms with Crippen molar-refractivity contribution in [1.82, 2.24) is 4.98 Å². The first-order valence-electron chi connectivity index (χ1n) is 5.30. The second kappa shape index (κ2) is 5.14. The summed E-state index contributed by atoms with van der Waals surface area (Å²) in [5.74, 6) is -0.589. The van der Waals surface area contributed by atoms with Gasteiger partial charge in [0, 0.05) is 11.1 Å². The van der Waals surface area contributed by atoms with Crippen molar-refractivity contribution in [2.75, 3.05) is 11.1 Å². The fourth-order valence-electron chi connectivity index (χ4n) is 1.44. The number of nitrogens with two attached hydrogens (primary N) is 1. The summed E-state index contributed by atoms with van der Waals surface area (Å²) in [5, 5.41) is 4.77. The molecule has 1 heterocycles. The van der Waals surface area contributed by atoms with E-state index in [4.69, 9.17) is 5.73 Å². The molecule has 3 N–H and O–H groups in total. The van der Waals surface area contributed by atoms with Gasteiger partial charge in [-0.15, -0.1) is 11.3 Å². The molecule has 4 nitrogen and oxygen atoms in total. The van der Waals surface area contributed by atoms with E-state index in [-0.39, 0.29) is 18.1 Å². The van der Waals surface area contributed by atoms with E-state index in [2.05, 4.69) is 10.3 Å². The molecule has 0 unspecified atom stereocenters. The first-order chi connectivity index (χ1) is 8.54. The molecule has 0 radical (unpaired) electrons. The number of thiazole rings is 1. The minimum absolute atomic E-state index is 0.128. The van der Waals surface area contributed by atoms with Crippen LogP contribution in [0, 0.1) is 12.7 Å². The number of carbonyl (C=O) groups is 1. The molecule has 0 saturated carbocycles. The molecule has 94 valence electrons. The van der Waals surface area contributed by atoms with Crippen molar-refractivity contribution in [3.63, 3.8) is 0 Å². The van der Waals surface area contributed by atoms with E-state index in [1.807, 2.05) is 0 Å². The molecule has 1 amide bonds. The van der Waals surface area contributed by atoms with Gasteiger partial charge in [-0.3, -0.25) is 4.79 Å². The number of halogens is 1. The van der Waals surface area contributed by atoms with Crippen LogP contribution in [0.15, 0.2) is 23.6 Å². The number of nitrogens with one attached hydrogen (secondary N) is 1. The average Bonchev–Trinajstić information content (AvgIpc) is 2.69. The highest BCUT2D eigenvalue weighted by atomic mass is 32.1. The van der Waals surface area contributed by atoms with Crippen molar-refractivity contribution in [2.45, 2.75) is 13.3 Å². The summed E-state index contributed by atoms with van der Waals surface area (Å²) in [6, 6.07) is 4.57. The van der Waals surface area contributed by atoms with Crippen LogP contribution < -0.4 is 11.1 Å². The second-order valence-electron chi connectivity index (χ2n) is 3.87. The first kappa shape index (κ1) is 12.5. The number of carbonyl (C=O) groups excluding carboxylic acids is 1. The third kappa shape index (κ3) is 3.04. The Balaban J connectivity index is 2.00. The highest BCUT2D eigenvalue weighted by Crippen LogP contribution is 2.15. The molecule has 1 aromatic carbocycles. The second-order valence-corrected chi connectivity index (χ2v) is 4.76. The smallest absolute Gasteiger partial charge is 0.230 e. The van der Waals surface area contributed by atoms with Crippen LogP contribution in [-0.4, -0.2) is 10.9 Å². The fraction of sp³-hybridized carbons (Fsp3) is 0.167. The van der Waals surface area contributed by atoms with Crippen molar-refractivity contribution in [2.24, 2.45) is 0 Å². The third-order valence-corrected chi connectivity index (χ3v) is 3.09. The Morgan fingerprint density at radius 2 is 2.33 bits per heavy atom. The van der Waals surface area contributed by atoms with Crippen molar-refractivity contribution in [3.05, 3.63) is 40.7 Å². The zero-order valence-electron chi connectivity index (χ0n) is 9.74. The van der Waals surface area contributed by atoms with Crippen LogP contribution in [-0.2, 0) is 11.2 Å². The lowest BCUT2D eigenvalue weighted by molar-refractivity contribution is -0.115. The van der Waals surface area contributed by atoms with Crippen LogP contribution in [0.4, 0.5) is 15.2 Å². The van der Waals surface area contributed by atoms with E-state index in [1.54, 1.807) is 24.4 Å². The van der Waals surface area contributed by atoms with E-state index in [1.165, 1.54) is 17.4 Å². The Bertz CT molecular complexity index is 582. The van der Waals surface area contributed by atoms with Gasteiger partial charge >= 0.3 is 0 Å². The maximum Gasteiger partial charge on any atom is 0.230 e. The number of nitrogen functional groups attached to an aromatic ring is 1. The Labute approximate surface area is 108 Å². The Hall–Kier alpha value is -1.95. The number of hydrogen-bond donors (Lipinski definition) is 2. The highest BCUT2D eigenvalue weighted by molar-refractivity contribution is 7.13. The van der Waals surface area contributed by atoms with Crippen molar-refractivity contribution < 1.29 is 9.18 Å². The van der Waals surface area contributed by atoms with Gasteiger partial charge in [-0.1, -0.05) is 6.07 Å². The zero-order chi connectivity index (χ0) is 13.1. The number of hydrogen-bond acceptors (Lipinski definition) is 4. The summed E-state index contributed by atoms with van der Waals surface area (Å²) >= 11 is 1.28. The standard InChI is InChI=1S/C12H12FN3OS/c1-7-2-3-8(4-10(7)13)15-11(17)5-9-6-18-12(14)16-9/h2-4,6H,5H2,1H3,(H2,14,16)(H,15,17). The van der Waals surface area contributed by atoms with E-state index in [9.17, 15) is 9.18 Å². The molecule has 0 saturated heterocycles. The normalized spacial score (nSPS) is 10.3. The Morgan fingerprint density at radius 3 is 2.94 bits per heavy atom. The molecule has 2 aromatic rings. The lowest BCUT2D eigenvalue weighted by atomic mass is 10.2.